The van der Waals surface area contributed by atoms with Crippen molar-refractivity contribution in [2.75, 3.05) is 12.4 Å². The number of anilines is 1. The first-order chi connectivity index (χ1) is 9.46. The zero-order valence-electron chi connectivity index (χ0n) is 11.3. The molecule has 0 saturated carbocycles. The van der Waals surface area contributed by atoms with Gasteiger partial charge in [-0.3, -0.25) is 4.79 Å². The fourth-order valence-corrected chi connectivity index (χ4v) is 1.79. The molecule has 0 heterocycles. The van der Waals surface area contributed by atoms with Crippen molar-refractivity contribution in [3.8, 4) is 5.75 Å². The smallest absolute Gasteiger partial charge is 0.319 e. The lowest BCUT2D eigenvalue weighted by Gasteiger charge is -2.15. The molecular weight excluding hydrogens is 284 g/mol. The predicted molar refractivity (Wildman–Crippen MR) is 76.5 cm³/mol. The highest BCUT2D eigenvalue weighted by molar-refractivity contribution is 6.32. The fraction of sp³-hybridized carbons (Fsp3) is 0.385. The Bertz CT molecular complexity index is 493. The predicted octanol–water partition coefficient (Wildman–Crippen LogP) is 2.72. The number of rotatable bonds is 6. The number of carbonyl (C=O) groups is 2. The number of hydrogen-bond acceptors (Lipinski definition) is 3. The van der Waals surface area contributed by atoms with E-state index in [-0.39, 0.29) is 6.42 Å². The topological polar surface area (TPSA) is 87.7 Å². The lowest BCUT2D eigenvalue weighted by molar-refractivity contribution is -0.137. The van der Waals surface area contributed by atoms with E-state index in [0.717, 1.165) is 0 Å². The number of carboxylic acid groups (broad SMARTS) is 1. The first-order valence-corrected chi connectivity index (χ1v) is 6.47. The highest BCUT2D eigenvalue weighted by Gasteiger charge is 2.14. The number of methoxy groups -OCH3 is 1. The van der Waals surface area contributed by atoms with Crippen LogP contribution in [-0.2, 0) is 4.79 Å². The van der Waals surface area contributed by atoms with Crippen molar-refractivity contribution in [2.45, 2.75) is 25.8 Å². The van der Waals surface area contributed by atoms with Gasteiger partial charge >= 0.3 is 12.0 Å². The Balaban J connectivity index is 2.63. The van der Waals surface area contributed by atoms with Crippen LogP contribution in [0.15, 0.2) is 18.2 Å². The van der Waals surface area contributed by atoms with Crippen LogP contribution in [0.4, 0.5) is 10.5 Å². The van der Waals surface area contributed by atoms with Crippen molar-refractivity contribution in [1.82, 2.24) is 5.32 Å². The van der Waals surface area contributed by atoms with Gasteiger partial charge in [0.25, 0.3) is 0 Å². The molecule has 1 unspecified atom stereocenters. The number of aliphatic carboxylic acids is 1. The number of carboxylic acids is 1. The molecule has 0 radical (unpaired) electrons. The molecule has 0 fully saturated rings. The van der Waals surface area contributed by atoms with E-state index >= 15 is 0 Å². The summed E-state index contributed by atoms with van der Waals surface area (Å²) in [6.07, 6.45) is 0.414. The van der Waals surface area contributed by atoms with Crippen molar-refractivity contribution >= 4 is 29.3 Å². The van der Waals surface area contributed by atoms with Gasteiger partial charge in [0.05, 0.1) is 18.6 Å². The van der Waals surface area contributed by atoms with E-state index in [1.165, 1.54) is 7.11 Å². The second-order valence-electron chi connectivity index (χ2n) is 4.15. The molecule has 1 aromatic carbocycles. The van der Waals surface area contributed by atoms with Crippen LogP contribution in [-0.4, -0.2) is 30.3 Å². The summed E-state index contributed by atoms with van der Waals surface area (Å²) >= 11 is 5.88. The lowest BCUT2D eigenvalue weighted by Crippen LogP contribution is -2.38. The number of nitrogens with one attached hydrogen (secondary N) is 2. The van der Waals surface area contributed by atoms with E-state index in [1.807, 2.05) is 0 Å². The standard InChI is InChI=1S/C13H17ClN2O4/c1-3-8(7-12(17)18)15-13(19)16-9-4-5-10(14)11(6-9)20-2/h4-6,8H,3,7H2,1-2H3,(H,17,18)(H2,15,16,19). The van der Waals surface area contributed by atoms with Crippen molar-refractivity contribution < 1.29 is 19.4 Å². The van der Waals surface area contributed by atoms with E-state index in [2.05, 4.69) is 10.6 Å². The van der Waals surface area contributed by atoms with Gasteiger partial charge in [0.1, 0.15) is 5.75 Å². The minimum atomic E-state index is -0.953. The van der Waals surface area contributed by atoms with Crippen LogP contribution < -0.4 is 15.4 Å². The van der Waals surface area contributed by atoms with Crippen LogP contribution in [0.2, 0.25) is 5.02 Å². The van der Waals surface area contributed by atoms with E-state index in [4.69, 9.17) is 21.4 Å². The molecule has 110 valence electrons. The summed E-state index contributed by atoms with van der Waals surface area (Å²) in [4.78, 5) is 22.4. The Kier molecular flexibility index (Phi) is 6.11. The van der Waals surface area contributed by atoms with Gasteiger partial charge < -0.3 is 20.5 Å². The Morgan fingerprint density at radius 1 is 1.45 bits per heavy atom. The number of urea groups is 1. The van der Waals surface area contributed by atoms with Crippen LogP contribution in [0.5, 0.6) is 5.75 Å². The van der Waals surface area contributed by atoms with Gasteiger partial charge in [0.2, 0.25) is 0 Å². The lowest BCUT2D eigenvalue weighted by atomic mass is 10.1. The van der Waals surface area contributed by atoms with Gasteiger partial charge in [-0.05, 0) is 18.6 Å². The zero-order valence-corrected chi connectivity index (χ0v) is 12.0. The highest BCUT2D eigenvalue weighted by Crippen LogP contribution is 2.27. The van der Waals surface area contributed by atoms with Gasteiger partial charge in [0, 0.05) is 17.8 Å². The number of halogens is 1. The number of hydrogen-bond donors (Lipinski definition) is 3. The molecule has 1 aromatic rings. The molecule has 0 aliphatic heterocycles. The molecule has 0 saturated heterocycles. The van der Waals surface area contributed by atoms with Crippen LogP contribution in [0.1, 0.15) is 19.8 Å². The molecule has 0 aliphatic rings. The maximum Gasteiger partial charge on any atom is 0.319 e. The van der Waals surface area contributed by atoms with E-state index in [9.17, 15) is 9.59 Å². The van der Waals surface area contributed by atoms with Crippen LogP contribution in [0, 0.1) is 0 Å². The molecule has 1 atom stereocenters. The van der Waals surface area contributed by atoms with E-state index < -0.39 is 18.0 Å². The Morgan fingerprint density at radius 2 is 2.15 bits per heavy atom. The molecule has 6 nitrogen and oxygen atoms in total. The molecule has 3 N–H and O–H groups in total. The maximum atomic E-state index is 11.8. The Labute approximate surface area is 122 Å². The van der Waals surface area contributed by atoms with Crippen molar-refractivity contribution in [2.24, 2.45) is 0 Å². The quantitative estimate of drug-likeness (QED) is 0.754. The Morgan fingerprint density at radius 3 is 2.70 bits per heavy atom. The number of benzene rings is 1. The van der Waals surface area contributed by atoms with Crippen molar-refractivity contribution in [3.63, 3.8) is 0 Å². The van der Waals surface area contributed by atoms with E-state index in [1.54, 1.807) is 25.1 Å². The minimum absolute atomic E-state index is 0.117. The van der Waals surface area contributed by atoms with Crippen LogP contribution in [0.25, 0.3) is 0 Å². The summed E-state index contributed by atoms with van der Waals surface area (Å²) in [5.74, 6) is -0.507. The summed E-state index contributed by atoms with van der Waals surface area (Å²) < 4.78 is 5.04. The Hall–Kier alpha value is -1.95. The largest absolute Gasteiger partial charge is 0.495 e. The second kappa shape index (κ2) is 7.59. The third-order valence-corrected chi connectivity index (χ3v) is 2.97. The number of ether oxygens (including phenoxy) is 1. The highest BCUT2D eigenvalue weighted by atomic mass is 35.5. The summed E-state index contributed by atoms with van der Waals surface area (Å²) in [5, 5.41) is 14.3. The third kappa shape index (κ3) is 4.97. The van der Waals surface area contributed by atoms with Gasteiger partial charge in [0.15, 0.2) is 0 Å². The summed E-state index contributed by atoms with van der Waals surface area (Å²) in [7, 11) is 1.48. The van der Waals surface area contributed by atoms with Gasteiger partial charge in [-0.25, -0.2) is 4.79 Å². The molecule has 0 spiro atoms. The van der Waals surface area contributed by atoms with Gasteiger partial charge in [-0.1, -0.05) is 18.5 Å². The van der Waals surface area contributed by atoms with Crippen LogP contribution in [0.3, 0.4) is 0 Å². The maximum absolute atomic E-state index is 11.8. The van der Waals surface area contributed by atoms with Gasteiger partial charge in [-0.2, -0.15) is 0 Å². The summed E-state index contributed by atoms with van der Waals surface area (Å²) in [5.41, 5.74) is 0.508. The average Bonchev–Trinajstić information content (AvgIpc) is 2.39. The SMILES string of the molecule is CCC(CC(=O)O)NC(=O)Nc1ccc(Cl)c(OC)c1. The molecule has 1 rings (SSSR count). The average molecular weight is 301 g/mol. The van der Waals surface area contributed by atoms with E-state index in [0.29, 0.717) is 22.9 Å². The molecular formula is C13H17ClN2O4. The monoisotopic (exact) mass is 300 g/mol. The first kappa shape index (κ1) is 16.1. The molecule has 7 heteroatoms. The number of carbonyl (C=O) groups excluding carboxylic acids is 1. The summed E-state index contributed by atoms with van der Waals surface area (Å²) in [6.45, 7) is 1.80. The van der Waals surface area contributed by atoms with Crippen LogP contribution >= 0.6 is 11.6 Å². The molecule has 2 amide bonds. The second-order valence-corrected chi connectivity index (χ2v) is 4.56. The molecule has 0 bridgehead atoms. The molecule has 20 heavy (non-hydrogen) atoms. The normalized spacial score (nSPS) is 11.6. The first-order valence-electron chi connectivity index (χ1n) is 6.09. The fourth-order valence-electron chi connectivity index (χ4n) is 1.60. The molecule has 0 aromatic heterocycles. The zero-order chi connectivity index (χ0) is 15.1. The minimum Gasteiger partial charge on any atom is -0.495 e. The number of amides is 2. The third-order valence-electron chi connectivity index (χ3n) is 2.66. The summed E-state index contributed by atoms with van der Waals surface area (Å²) in [6, 6.07) is 3.93. The molecule has 0 aliphatic carbocycles. The van der Waals surface area contributed by atoms with Gasteiger partial charge in [-0.15, -0.1) is 0 Å². The van der Waals surface area contributed by atoms with Crippen molar-refractivity contribution in [1.29, 1.82) is 0 Å². The van der Waals surface area contributed by atoms with Crippen molar-refractivity contribution in [3.05, 3.63) is 23.2 Å².